The number of aryl methyl sites for hydroxylation is 2. The molecule has 8 heteroatoms. The number of hydrogen-bond donors (Lipinski definition) is 2. The van der Waals surface area contributed by atoms with Gasteiger partial charge >= 0.3 is 0 Å². The molecule has 2 rings (SSSR count). The first-order valence-electron chi connectivity index (χ1n) is 4.87. The van der Waals surface area contributed by atoms with Crippen molar-refractivity contribution in [3.05, 3.63) is 22.0 Å². The third kappa shape index (κ3) is 2.41. The molecule has 0 radical (unpaired) electrons. The molecule has 0 atom stereocenters. The van der Waals surface area contributed by atoms with Crippen LogP contribution in [0, 0.1) is 13.8 Å². The summed E-state index contributed by atoms with van der Waals surface area (Å²) in [5, 5.41) is 14.2. The molecule has 0 aliphatic heterocycles. The first kappa shape index (κ1) is 11.5. The number of aromatic nitrogens is 3. The monoisotopic (exact) mass is 253 g/mol. The van der Waals surface area contributed by atoms with Crippen LogP contribution in [0.4, 0.5) is 5.13 Å². The molecule has 17 heavy (non-hydrogen) atoms. The minimum Gasteiger partial charge on any atom is -0.374 e. The van der Waals surface area contributed by atoms with Crippen molar-refractivity contribution in [2.24, 2.45) is 0 Å². The van der Waals surface area contributed by atoms with Gasteiger partial charge in [0.25, 0.3) is 5.91 Å². The molecule has 0 saturated heterocycles. The second-order valence-corrected chi connectivity index (χ2v) is 4.44. The van der Waals surface area contributed by atoms with E-state index < -0.39 is 0 Å². The molecule has 0 aromatic carbocycles. The average Bonchev–Trinajstić information content (AvgIpc) is 2.84. The van der Waals surface area contributed by atoms with E-state index in [0.717, 1.165) is 22.6 Å². The van der Waals surface area contributed by atoms with E-state index in [0.29, 0.717) is 12.3 Å². The van der Waals surface area contributed by atoms with Crippen molar-refractivity contribution < 1.29 is 9.32 Å². The first-order valence-corrected chi connectivity index (χ1v) is 5.68. The van der Waals surface area contributed by atoms with Crippen molar-refractivity contribution in [3.63, 3.8) is 0 Å². The fourth-order valence-electron chi connectivity index (χ4n) is 1.32. The second kappa shape index (κ2) is 4.50. The van der Waals surface area contributed by atoms with Crippen molar-refractivity contribution >= 4 is 22.4 Å². The highest BCUT2D eigenvalue weighted by Crippen LogP contribution is 2.13. The van der Waals surface area contributed by atoms with Crippen LogP contribution in [0.25, 0.3) is 0 Å². The third-order valence-corrected chi connectivity index (χ3v) is 2.99. The number of nitrogens with zero attached hydrogens (tertiary/aromatic N) is 3. The SMILES string of the molecule is Cc1noc(C)c1CNC(=O)c1nnc(N)s1. The largest absolute Gasteiger partial charge is 0.374 e. The van der Waals surface area contributed by atoms with Gasteiger partial charge in [-0.15, -0.1) is 10.2 Å². The number of nitrogens with two attached hydrogens (primary N) is 1. The summed E-state index contributed by atoms with van der Waals surface area (Å²) in [7, 11) is 0. The van der Waals surface area contributed by atoms with Crippen LogP contribution in [0.2, 0.25) is 0 Å². The third-order valence-electron chi connectivity index (χ3n) is 2.24. The number of carbonyl (C=O) groups excluding carboxylic acids is 1. The maximum atomic E-state index is 11.7. The lowest BCUT2D eigenvalue weighted by Gasteiger charge is -2.01. The predicted molar refractivity (Wildman–Crippen MR) is 61.5 cm³/mol. The van der Waals surface area contributed by atoms with E-state index in [4.69, 9.17) is 10.3 Å². The molecular weight excluding hydrogens is 242 g/mol. The van der Waals surface area contributed by atoms with Crippen molar-refractivity contribution in [2.75, 3.05) is 5.73 Å². The fraction of sp³-hybridized carbons (Fsp3) is 0.333. The van der Waals surface area contributed by atoms with E-state index in [-0.39, 0.29) is 16.0 Å². The van der Waals surface area contributed by atoms with Gasteiger partial charge in [0, 0.05) is 12.1 Å². The van der Waals surface area contributed by atoms with Crippen molar-refractivity contribution in [3.8, 4) is 0 Å². The molecule has 2 aromatic heterocycles. The van der Waals surface area contributed by atoms with Gasteiger partial charge in [-0.25, -0.2) is 0 Å². The zero-order valence-electron chi connectivity index (χ0n) is 9.35. The molecule has 0 fully saturated rings. The molecule has 0 aliphatic rings. The Morgan fingerprint density at radius 2 is 2.24 bits per heavy atom. The van der Waals surface area contributed by atoms with Crippen LogP contribution in [0.3, 0.4) is 0 Å². The van der Waals surface area contributed by atoms with Gasteiger partial charge in [-0.1, -0.05) is 16.5 Å². The molecule has 7 nitrogen and oxygen atoms in total. The highest BCUT2D eigenvalue weighted by Gasteiger charge is 2.14. The number of amides is 1. The molecule has 2 heterocycles. The topological polar surface area (TPSA) is 107 Å². The van der Waals surface area contributed by atoms with Gasteiger partial charge in [0.05, 0.1) is 5.69 Å². The standard InChI is InChI=1S/C9H11N5O2S/c1-4-6(5(2)16-14-4)3-11-7(15)8-12-13-9(10)17-8/h3H2,1-2H3,(H2,10,13)(H,11,15). The first-order chi connectivity index (χ1) is 8.08. The van der Waals surface area contributed by atoms with E-state index in [1.165, 1.54) is 0 Å². The lowest BCUT2D eigenvalue weighted by Crippen LogP contribution is -2.23. The number of nitrogens with one attached hydrogen (secondary N) is 1. The van der Waals surface area contributed by atoms with Crippen LogP contribution >= 0.6 is 11.3 Å². The minimum absolute atomic E-state index is 0.245. The van der Waals surface area contributed by atoms with Crippen molar-refractivity contribution in [2.45, 2.75) is 20.4 Å². The molecule has 0 aliphatic carbocycles. The second-order valence-electron chi connectivity index (χ2n) is 3.43. The van der Waals surface area contributed by atoms with E-state index >= 15 is 0 Å². The highest BCUT2D eigenvalue weighted by molar-refractivity contribution is 7.16. The van der Waals surface area contributed by atoms with Gasteiger partial charge < -0.3 is 15.6 Å². The number of carbonyl (C=O) groups is 1. The summed E-state index contributed by atoms with van der Waals surface area (Å²) in [6.07, 6.45) is 0. The lowest BCUT2D eigenvalue weighted by molar-refractivity contribution is 0.0949. The molecule has 0 saturated carbocycles. The summed E-state index contributed by atoms with van der Waals surface area (Å²) >= 11 is 1.05. The summed E-state index contributed by atoms with van der Waals surface area (Å²) in [6, 6.07) is 0. The molecular formula is C9H11N5O2S. The zero-order chi connectivity index (χ0) is 12.4. The van der Waals surface area contributed by atoms with E-state index in [2.05, 4.69) is 20.7 Å². The number of hydrogen-bond acceptors (Lipinski definition) is 7. The molecule has 0 spiro atoms. The van der Waals surface area contributed by atoms with Crippen LogP contribution in [0.5, 0.6) is 0 Å². The summed E-state index contributed by atoms with van der Waals surface area (Å²) < 4.78 is 4.99. The Balaban J connectivity index is 2.02. The Labute approximate surface area is 101 Å². The smallest absolute Gasteiger partial charge is 0.282 e. The maximum Gasteiger partial charge on any atom is 0.282 e. The maximum absolute atomic E-state index is 11.7. The summed E-state index contributed by atoms with van der Waals surface area (Å²) in [4.78, 5) is 11.7. The molecule has 3 N–H and O–H groups in total. The average molecular weight is 253 g/mol. The van der Waals surface area contributed by atoms with Gasteiger partial charge in [0.2, 0.25) is 10.1 Å². The predicted octanol–water partition coefficient (Wildman–Crippen LogP) is 0.655. The van der Waals surface area contributed by atoms with Crippen molar-refractivity contribution in [1.82, 2.24) is 20.7 Å². The normalized spacial score (nSPS) is 10.5. The van der Waals surface area contributed by atoms with Crippen LogP contribution in [-0.4, -0.2) is 21.3 Å². The molecule has 90 valence electrons. The quantitative estimate of drug-likeness (QED) is 0.831. The molecule has 0 bridgehead atoms. The Morgan fingerprint density at radius 3 is 2.76 bits per heavy atom. The van der Waals surface area contributed by atoms with Crippen LogP contribution in [-0.2, 0) is 6.54 Å². The van der Waals surface area contributed by atoms with E-state index in [1.807, 2.05) is 6.92 Å². The fourth-order valence-corrected chi connectivity index (χ4v) is 1.85. The Hall–Kier alpha value is -1.96. The Bertz CT molecular complexity index is 528. The molecule has 2 aromatic rings. The Morgan fingerprint density at radius 1 is 1.47 bits per heavy atom. The van der Waals surface area contributed by atoms with Gasteiger partial charge in [0.15, 0.2) is 0 Å². The Kier molecular flexibility index (Phi) is 3.05. The zero-order valence-corrected chi connectivity index (χ0v) is 10.2. The van der Waals surface area contributed by atoms with Crippen LogP contribution < -0.4 is 11.1 Å². The number of nitrogen functional groups attached to an aromatic ring is 1. The summed E-state index contributed by atoms with van der Waals surface area (Å²) in [6.45, 7) is 3.96. The van der Waals surface area contributed by atoms with Gasteiger partial charge in [-0.05, 0) is 13.8 Å². The van der Waals surface area contributed by atoms with Crippen LogP contribution in [0.15, 0.2) is 4.52 Å². The van der Waals surface area contributed by atoms with E-state index in [1.54, 1.807) is 6.92 Å². The molecule has 1 amide bonds. The van der Waals surface area contributed by atoms with Crippen molar-refractivity contribution in [1.29, 1.82) is 0 Å². The van der Waals surface area contributed by atoms with Crippen LogP contribution in [0.1, 0.15) is 26.8 Å². The summed E-state index contributed by atoms with van der Waals surface area (Å²) in [5.41, 5.74) is 7.03. The van der Waals surface area contributed by atoms with Gasteiger partial charge in [0.1, 0.15) is 5.76 Å². The number of rotatable bonds is 3. The summed E-state index contributed by atoms with van der Waals surface area (Å²) in [5.74, 6) is 0.388. The lowest BCUT2D eigenvalue weighted by atomic mass is 10.2. The van der Waals surface area contributed by atoms with Gasteiger partial charge in [-0.2, -0.15) is 0 Å². The van der Waals surface area contributed by atoms with Gasteiger partial charge in [-0.3, -0.25) is 4.79 Å². The minimum atomic E-state index is -0.306. The van der Waals surface area contributed by atoms with E-state index in [9.17, 15) is 4.79 Å². The highest BCUT2D eigenvalue weighted by atomic mass is 32.1. The number of anilines is 1. The molecule has 0 unspecified atom stereocenters.